The molecule has 1 saturated carbocycles. The molecule has 5 nitrogen and oxygen atoms in total. The van der Waals surface area contributed by atoms with Crippen LogP contribution in [0.3, 0.4) is 0 Å². The van der Waals surface area contributed by atoms with Crippen LogP contribution in [0.2, 0.25) is 0 Å². The normalized spacial score (nSPS) is 36.2. The van der Waals surface area contributed by atoms with Crippen molar-refractivity contribution in [2.45, 2.75) is 57.4 Å². The average Bonchev–Trinajstić information content (AvgIpc) is 3.27. The van der Waals surface area contributed by atoms with Gasteiger partial charge in [-0.1, -0.05) is 6.42 Å². The van der Waals surface area contributed by atoms with Gasteiger partial charge in [-0.05, 0) is 75.3 Å². The van der Waals surface area contributed by atoms with Gasteiger partial charge in [0.05, 0.1) is 0 Å². The molecule has 24 heavy (non-hydrogen) atoms. The summed E-state index contributed by atoms with van der Waals surface area (Å²) in [6.45, 7) is 5.93. The van der Waals surface area contributed by atoms with Crippen molar-refractivity contribution >= 4 is 6.03 Å². The van der Waals surface area contributed by atoms with Crippen molar-refractivity contribution in [1.82, 2.24) is 15.5 Å². The van der Waals surface area contributed by atoms with E-state index in [0.717, 1.165) is 71.0 Å². The Kier molecular flexibility index (Phi) is 5.00. The van der Waals surface area contributed by atoms with Crippen LogP contribution in [0.15, 0.2) is 0 Å². The Balaban J connectivity index is 1.35. The van der Waals surface area contributed by atoms with Crippen LogP contribution < -0.4 is 10.6 Å². The van der Waals surface area contributed by atoms with E-state index >= 15 is 0 Å². The molecule has 1 spiro atoms. The highest BCUT2D eigenvalue weighted by Gasteiger charge is 2.45. The van der Waals surface area contributed by atoms with E-state index in [1.807, 2.05) is 0 Å². The molecular formula is C19H33N3O2. The number of nitrogens with one attached hydrogen (secondary N) is 2. The number of ether oxygens (including phenoxy) is 1. The van der Waals surface area contributed by atoms with E-state index in [-0.39, 0.29) is 6.03 Å². The lowest BCUT2D eigenvalue weighted by Crippen LogP contribution is -2.53. The van der Waals surface area contributed by atoms with Crippen LogP contribution in [-0.2, 0) is 4.74 Å². The van der Waals surface area contributed by atoms with Gasteiger partial charge in [0.2, 0.25) is 0 Å². The van der Waals surface area contributed by atoms with Crippen molar-refractivity contribution in [3.63, 3.8) is 0 Å². The highest BCUT2D eigenvalue weighted by atomic mass is 16.5. The summed E-state index contributed by atoms with van der Waals surface area (Å²) in [5.41, 5.74) is 0.318. The third-order valence-electron chi connectivity index (χ3n) is 7.20. The van der Waals surface area contributed by atoms with E-state index in [1.165, 1.54) is 25.7 Å². The van der Waals surface area contributed by atoms with Crippen molar-refractivity contribution in [3.8, 4) is 0 Å². The molecule has 4 aliphatic rings. The van der Waals surface area contributed by atoms with E-state index in [0.29, 0.717) is 17.4 Å². The van der Waals surface area contributed by atoms with Crippen molar-refractivity contribution < 1.29 is 9.53 Å². The van der Waals surface area contributed by atoms with Gasteiger partial charge in [-0.2, -0.15) is 0 Å². The fourth-order valence-corrected chi connectivity index (χ4v) is 5.64. The Morgan fingerprint density at radius 1 is 1.08 bits per heavy atom. The minimum absolute atomic E-state index is 0.198. The van der Waals surface area contributed by atoms with E-state index in [9.17, 15) is 4.79 Å². The van der Waals surface area contributed by atoms with E-state index < -0.39 is 0 Å². The first-order chi connectivity index (χ1) is 11.8. The maximum atomic E-state index is 12.9. The summed E-state index contributed by atoms with van der Waals surface area (Å²) in [5, 5.41) is 6.92. The molecule has 4 rings (SSSR count). The number of piperidine rings is 1. The van der Waals surface area contributed by atoms with Crippen LogP contribution in [0.25, 0.3) is 0 Å². The SMILES string of the molecule is O=C(NC1CCCC12CCOCC2)N1CCCC(C2CCNC2)C1. The molecule has 0 aromatic rings. The van der Waals surface area contributed by atoms with Crippen molar-refractivity contribution in [3.05, 3.63) is 0 Å². The molecule has 5 heteroatoms. The molecule has 2 N–H and O–H groups in total. The van der Waals surface area contributed by atoms with Crippen molar-refractivity contribution in [1.29, 1.82) is 0 Å². The van der Waals surface area contributed by atoms with E-state index in [1.54, 1.807) is 0 Å². The number of hydrogen-bond acceptors (Lipinski definition) is 3. The summed E-state index contributed by atoms with van der Waals surface area (Å²) in [5.74, 6) is 1.47. The monoisotopic (exact) mass is 335 g/mol. The maximum absolute atomic E-state index is 12.9. The standard InChI is InChI=1S/C19H33N3O2/c23-18(21-17-4-1-6-19(17)7-11-24-12-8-19)22-10-2-3-16(14-22)15-5-9-20-13-15/h15-17,20H,1-14H2,(H,21,23). The second-order valence-corrected chi connectivity index (χ2v) is 8.47. The molecule has 0 aromatic heterocycles. The second-order valence-electron chi connectivity index (χ2n) is 8.47. The largest absolute Gasteiger partial charge is 0.381 e. The zero-order chi connectivity index (χ0) is 16.4. The zero-order valence-corrected chi connectivity index (χ0v) is 14.9. The summed E-state index contributed by atoms with van der Waals surface area (Å²) in [6.07, 6.45) is 9.64. The highest BCUT2D eigenvalue weighted by molar-refractivity contribution is 5.74. The molecule has 3 unspecified atom stereocenters. The number of carbonyl (C=O) groups excluding carboxylic acids is 1. The van der Waals surface area contributed by atoms with Gasteiger partial charge >= 0.3 is 6.03 Å². The summed E-state index contributed by atoms with van der Waals surface area (Å²) in [7, 11) is 0. The molecule has 3 aliphatic heterocycles. The molecule has 0 bridgehead atoms. The third-order valence-corrected chi connectivity index (χ3v) is 7.20. The Hall–Kier alpha value is -0.810. The summed E-state index contributed by atoms with van der Waals surface area (Å²) < 4.78 is 5.57. The number of rotatable bonds is 2. The number of likely N-dealkylation sites (tertiary alicyclic amines) is 1. The molecule has 0 aromatic carbocycles. The first-order valence-corrected chi connectivity index (χ1v) is 10.1. The number of urea groups is 1. The number of hydrogen-bond donors (Lipinski definition) is 2. The fourth-order valence-electron chi connectivity index (χ4n) is 5.64. The van der Waals surface area contributed by atoms with Gasteiger partial charge in [-0.3, -0.25) is 0 Å². The molecule has 3 atom stereocenters. The van der Waals surface area contributed by atoms with Gasteiger partial charge < -0.3 is 20.3 Å². The highest BCUT2D eigenvalue weighted by Crippen LogP contribution is 2.46. The summed E-state index contributed by atoms with van der Waals surface area (Å²) in [6, 6.07) is 0.561. The van der Waals surface area contributed by atoms with Gasteiger partial charge in [0.25, 0.3) is 0 Å². The van der Waals surface area contributed by atoms with Gasteiger partial charge in [0.15, 0.2) is 0 Å². The quantitative estimate of drug-likeness (QED) is 0.814. The number of nitrogens with zero attached hydrogens (tertiary/aromatic N) is 1. The van der Waals surface area contributed by atoms with E-state index in [2.05, 4.69) is 15.5 Å². The van der Waals surface area contributed by atoms with Crippen molar-refractivity contribution in [2.24, 2.45) is 17.3 Å². The predicted molar refractivity (Wildman–Crippen MR) is 93.9 cm³/mol. The summed E-state index contributed by atoms with van der Waals surface area (Å²) in [4.78, 5) is 15.0. The lowest BCUT2D eigenvalue weighted by atomic mass is 9.75. The number of carbonyl (C=O) groups is 1. The molecule has 3 heterocycles. The topological polar surface area (TPSA) is 53.6 Å². The molecule has 2 amide bonds. The maximum Gasteiger partial charge on any atom is 0.317 e. The molecule has 3 saturated heterocycles. The lowest BCUT2D eigenvalue weighted by molar-refractivity contribution is 0.00504. The molecule has 4 fully saturated rings. The average molecular weight is 335 g/mol. The number of amides is 2. The Morgan fingerprint density at radius 3 is 2.75 bits per heavy atom. The van der Waals surface area contributed by atoms with Gasteiger partial charge in [-0.25, -0.2) is 4.79 Å². The Morgan fingerprint density at radius 2 is 1.96 bits per heavy atom. The predicted octanol–water partition coefficient (Wildman–Crippen LogP) is 2.37. The van der Waals surface area contributed by atoms with Crippen LogP contribution in [0.1, 0.15) is 51.4 Å². The second kappa shape index (κ2) is 7.20. The van der Waals surface area contributed by atoms with Crippen LogP contribution in [-0.4, -0.2) is 56.4 Å². The van der Waals surface area contributed by atoms with Crippen LogP contribution in [0, 0.1) is 17.3 Å². The van der Waals surface area contributed by atoms with Crippen LogP contribution in [0.5, 0.6) is 0 Å². The van der Waals surface area contributed by atoms with Gasteiger partial charge in [0.1, 0.15) is 0 Å². The van der Waals surface area contributed by atoms with Crippen LogP contribution >= 0.6 is 0 Å². The Labute approximate surface area is 145 Å². The van der Waals surface area contributed by atoms with E-state index in [4.69, 9.17) is 4.74 Å². The summed E-state index contributed by atoms with van der Waals surface area (Å²) >= 11 is 0. The Bertz CT molecular complexity index is 444. The minimum Gasteiger partial charge on any atom is -0.381 e. The molecule has 1 aliphatic carbocycles. The molecule has 136 valence electrons. The first-order valence-electron chi connectivity index (χ1n) is 10.1. The van der Waals surface area contributed by atoms with Crippen LogP contribution in [0.4, 0.5) is 4.79 Å². The van der Waals surface area contributed by atoms with Gasteiger partial charge in [-0.15, -0.1) is 0 Å². The third kappa shape index (κ3) is 3.30. The minimum atomic E-state index is 0.198. The van der Waals surface area contributed by atoms with Gasteiger partial charge in [0, 0.05) is 32.3 Å². The molecule has 0 radical (unpaired) electrons. The smallest absolute Gasteiger partial charge is 0.317 e. The van der Waals surface area contributed by atoms with Crippen molar-refractivity contribution in [2.75, 3.05) is 39.4 Å². The first kappa shape index (κ1) is 16.6. The molecular weight excluding hydrogens is 302 g/mol. The lowest BCUT2D eigenvalue weighted by Gasteiger charge is -2.41. The fraction of sp³-hybridized carbons (Fsp3) is 0.947. The zero-order valence-electron chi connectivity index (χ0n) is 14.9.